The van der Waals surface area contributed by atoms with Gasteiger partial charge in [0.2, 0.25) is 6.79 Å². The highest BCUT2D eigenvalue weighted by Crippen LogP contribution is 2.35. The van der Waals surface area contributed by atoms with Crippen molar-refractivity contribution >= 4 is 0 Å². The van der Waals surface area contributed by atoms with Crippen LogP contribution in [0.3, 0.4) is 0 Å². The Kier molecular flexibility index (Phi) is 3.63. The first-order valence-corrected chi connectivity index (χ1v) is 5.31. The summed E-state index contributed by atoms with van der Waals surface area (Å²) in [5.74, 6) is 1.11. The SMILES string of the molecule is OC(CNCc1cccc2c1OCO2)C(F)(F)F. The summed E-state index contributed by atoms with van der Waals surface area (Å²) in [7, 11) is 0. The van der Waals surface area contributed by atoms with E-state index >= 15 is 0 Å². The van der Waals surface area contributed by atoms with Crippen molar-refractivity contribution in [1.82, 2.24) is 5.32 Å². The van der Waals surface area contributed by atoms with Gasteiger partial charge in [0.05, 0.1) is 0 Å². The Labute approximate surface area is 101 Å². The molecule has 2 N–H and O–H groups in total. The van der Waals surface area contributed by atoms with E-state index in [9.17, 15) is 13.2 Å². The number of ether oxygens (including phenoxy) is 2. The molecule has 1 unspecified atom stereocenters. The number of hydrogen-bond acceptors (Lipinski definition) is 4. The molecule has 0 amide bonds. The fourth-order valence-electron chi connectivity index (χ4n) is 1.59. The van der Waals surface area contributed by atoms with Crippen LogP contribution in [0.25, 0.3) is 0 Å². The van der Waals surface area contributed by atoms with Gasteiger partial charge in [0.15, 0.2) is 17.6 Å². The normalized spacial score (nSPS) is 15.8. The number of fused-ring (bicyclic) bond motifs is 1. The van der Waals surface area contributed by atoms with E-state index in [0.717, 1.165) is 0 Å². The smallest absolute Gasteiger partial charge is 0.415 e. The van der Waals surface area contributed by atoms with Crippen LogP contribution in [0.5, 0.6) is 11.5 Å². The molecule has 1 heterocycles. The maximum Gasteiger partial charge on any atom is 0.415 e. The van der Waals surface area contributed by atoms with Gasteiger partial charge in [-0.1, -0.05) is 12.1 Å². The Hall–Kier alpha value is -1.47. The maximum atomic E-state index is 12.1. The van der Waals surface area contributed by atoms with Crippen LogP contribution in [0, 0.1) is 0 Å². The van der Waals surface area contributed by atoms with Gasteiger partial charge in [-0.25, -0.2) is 0 Å². The molecule has 7 heteroatoms. The number of halogens is 3. The van der Waals surface area contributed by atoms with Gasteiger partial charge in [-0.15, -0.1) is 0 Å². The van der Waals surface area contributed by atoms with Crippen LogP contribution >= 0.6 is 0 Å². The number of benzene rings is 1. The van der Waals surface area contributed by atoms with Crippen LogP contribution < -0.4 is 14.8 Å². The molecule has 0 aliphatic carbocycles. The van der Waals surface area contributed by atoms with E-state index in [4.69, 9.17) is 14.6 Å². The molecule has 0 spiro atoms. The lowest BCUT2D eigenvalue weighted by molar-refractivity contribution is -0.201. The third-order valence-corrected chi connectivity index (χ3v) is 2.51. The Morgan fingerprint density at radius 2 is 2.11 bits per heavy atom. The summed E-state index contributed by atoms with van der Waals surface area (Å²) in [4.78, 5) is 0. The van der Waals surface area contributed by atoms with Gasteiger partial charge < -0.3 is 19.9 Å². The zero-order chi connectivity index (χ0) is 13.2. The molecule has 1 aromatic rings. The van der Waals surface area contributed by atoms with Crippen molar-refractivity contribution in [2.75, 3.05) is 13.3 Å². The van der Waals surface area contributed by atoms with Crippen molar-refractivity contribution in [2.24, 2.45) is 0 Å². The summed E-state index contributed by atoms with van der Waals surface area (Å²) in [5.41, 5.74) is 0.694. The number of para-hydroxylation sites is 1. The third-order valence-electron chi connectivity index (χ3n) is 2.51. The molecule has 0 aromatic heterocycles. The number of alkyl halides is 3. The molecule has 0 bridgehead atoms. The lowest BCUT2D eigenvalue weighted by Gasteiger charge is -2.15. The minimum absolute atomic E-state index is 0.109. The molecule has 0 saturated heterocycles. The average molecular weight is 263 g/mol. The molecule has 4 nitrogen and oxygen atoms in total. The standard InChI is InChI=1S/C11H12F3NO3/c12-11(13,14)9(16)5-15-4-7-2-1-3-8-10(7)18-6-17-8/h1-3,9,15-16H,4-6H2. The van der Waals surface area contributed by atoms with Crippen molar-refractivity contribution in [3.63, 3.8) is 0 Å². The summed E-state index contributed by atoms with van der Waals surface area (Å²) < 4.78 is 46.5. The van der Waals surface area contributed by atoms with E-state index in [1.165, 1.54) is 0 Å². The van der Waals surface area contributed by atoms with Crippen LogP contribution in [-0.2, 0) is 6.54 Å². The van der Waals surface area contributed by atoms with Crippen molar-refractivity contribution in [3.05, 3.63) is 23.8 Å². The fourth-order valence-corrected chi connectivity index (χ4v) is 1.59. The molecule has 0 fully saturated rings. The summed E-state index contributed by atoms with van der Waals surface area (Å²) in [5, 5.41) is 11.3. The predicted octanol–water partition coefficient (Wildman–Crippen LogP) is 1.43. The number of rotatable bonds is 4. The lowest BCUT2D eigenvalue weighted by atomic mass is 10.2. The van der Waals surface area contributed by atoms with Crippen molar-refractivity contribution in [1.29, 1.82) is 0 Å². The second-order valence-corrected chi connectivity index (χ2v) is 3.84. The van der Waals surface area contributed by atoms with E-state index in [1.807, 2.05) is 0 Å². The van der Waals surface area contributed by atoms with Gasteiger partial charge in [0.25, 0.3) is 0 Å². The van der Waals surface area contributed by atoms with E-state index in [1.54, 1.807) is 18.2 Å². The molecule has 1 aromatic carbocycles. The molecule has 1 atom stereocenters. The molecular formula is C11H12F3NO3. The summed E-state index contributed by atoms with van der Waals surface area (Å²) >= 11 is 0. The van der Waals surface area contributed by atoms with Gasteiger partial charge in [-0.2, -0.15) is 13.2 Å². The molecule has 2 rings (SSSR count). The first-order valence-electron chi connectivity index (χ1n) is 5.31. The number of aliphatic hydroxyl groups excluding tert-OH is 1. The Balaban J connectivity index is 1.90. The van der Waals surface area contributed by atoms with Crippen LogP contribution in [0.4, 0.5) is 13.2 Å². The van der Waals surface area contributed by atoms with E-state index in [2.05, 4.69) is 5.32 Å². The topological polar surface area (TPSA) is 50.7 Å². The second kappa shape index (κ2) is 5.03. The number of nitrogens with one attached hydrogen (secondary N) is 1. The quantitative estimate of drug-likeness (QED) is 0.862. The van der Waals surface area contributed by atoms with Gasteiger partial charge in [-0.3, -0.25) is 0 Å². The maximum absolute atomic E-state index is 12.1. The summed E-state index contributed by atoms with van der Waals surface area (Å²) in [6.07, 6.45) is -6.97. The highest BCUT2D eigenvalue weighted by molar-refractivity contribution is 5.48. The summed E-state index contributed by atoms with van der Waals surface area (Å²) in [6.45, 7) is -0.286. The summed E-state index contributed by atoms with van der Waals surface area (Å²) in [6, 6.07) is 5.17. The lowest BCUT2D eigenvalue weighted by Crippen LogP contribution is -2.38. The molecule has 0 radical (unpaired) electrons. The molecule has 18 heavy (non-hydrogen) atoms. The van der Waals surface area contributed by atoms with Crippen LogP contribution in [0.2, 0.25) is 0 Å². The van der Waals surface area contributed by atoms with Gasteiger partial charge >= 0.3 is 6.18 Å². The van der Waals surface area contributed by atoms with Crippen LogP contribution in [0.1, 0.15) is 5.56 Å². The molecular weight excluding hydrogens is 251 g/mol. The van der Waals surface area contributed by atoms with Crippen LogP contribution in [0.15, 0.2) is 18.2 Å². The largest absolute Gasteiger partial charge is 0.454 e. The van der Waals surface area contributed by atoms with E-state index in [0.29, 0.717) is 17.1 Å². The number of aliphatic hydroxyl groups is 1. The predicted molar refractivity (Wildman–Crippen MR) is 56.3 cm³/mol. The fraction of sp³-hybridized carbons (Fsp3) is 0.455. The van der Waals surface area contributed by atoms with Gasteiger partial charge in [0, 0.05) is 18.7 Å². The Morgan fingerprint density at radius 3 is 2.83 bits per heavy atom. The Bertz CT molecular complexity index is 422. The molecule has 1 aliphatic heterocycles. The number of hydrogen-bond donors (Lipinski definition) is 2. The van der Waals surface area contributed by atoms with Crippen molar-refractivity contribution < 1.29 is 27.8 Å². The first kappa shape index (κ1) is 13.0. The zero-order valence-electron chi connectivity index (χ0n) is 9.33. The van der Waals surface area contributed by atoms with Crippen molar-refractivity contribution in [3.8, 4) is 11.5 Å². The van der Waals surface area contributed by atoms with Crippen molar-refractivity contribution in [2.45, 2.75) is 18.8 Å². The highest BCUT2D eigenvalue weighted by Gasteiger charge is 2.37. The Morgan fingerprint density at radius 1 is 1.33 bits per heavy atom. The minimum Gasteiger partial charge on any atom is -0.454 e. The second-order valence-electron chi connectivity index (χ2n) is 3.84. The van der Waals surface area contributed by atoms with Gasteiger partial charge in [0.1, 0.15) is 0 Å². The minimum atomic E-state index is -4.61. The molecule has 0 saturated carbocycles. The monoisotopic (exact) mass is 263 g/mol. The third kappa shape index (κ3) is 2.85. The highest BCUT2D eigenvalue weighted by atomic mass is 19.4. The van der Waals surface area contributed by atoms with E-state index in [-0.39, 0.29) is 13.3 Å². The molecule has 1 aliphatic rings. The zero-order valence-corrected chi connectivity index (χ0v) is 9.33. The van der Waals surface area contributed by atoms with Gasteiger partial charge in [-0.05, 0) is 6.07 Å². The average Bonchev–Trinajstić information content (AvgIpc) is 2.76. The first-order chi connectivity index (χ1) is 8.48. The molecule has 100 valence electrons. The van der Waals surface area contributed by atoms with Crippen LogP contribution in [-0.4, -0.2) is 30.7 Å². The van der Waals surface area contributed by atoms with E-state index < -0.39 is 18.8 Å².